The molecule has 0 aromatic heterocycles. The van der Waals surface area contributed by atoms with Crippen molar-refractivity contribution in [2.75, 3.05) is 18.5 Å². The molecule has 0 amide bonds. The summed E-state index contributed by atoms with van der Waals surface area (Å²) in [6, 6.07) is 8.19. The first-order valence-electron chi connectivity index (χ1n) is 5.76. The first-order chi connectivity index (χ1) is 7.54. The van der Waals surface area contributed by atoms with E-state index < -0.39 is 0 Å². The summed E-state index contributed by atoms with van der Waals surface area (Å²) >= 11 is 0. The van der Waals surface area contributed by atoms with Gasteiger partial charge in [0.2, 0.25) is 0 Å². The molecule has 0 saturated heterocycles. The van der Waals surface area contributed by atoms with E-state index in [2.05, 4.69) is 37.9 Å². The largest absolute Gasteiger partial charge is 0.375 e. The second-order valence-corrected chi connectivity index (χ2v) is 4.72. The molecule has 0 radical (unpaired) electrons. The predicted molar refractivity (Wildman–Crippen MR) is 68.6 cm³/mol. The minimum absolute atomic E-state index is 0.724. The van der Waals surface area contributed by atoms with Crippen molar-refractivity contribution in [1.29, 1.82) is 5.26 Å². The Morgan fingerprint density at radius 2 is 2.06 bits per heavy atom. The van der Waals surface area contributed by atoms with Crippen molar-refractivity contribution in [2.24, 2.45) is 5.92 Å². The average Bonchev–Trinajstić information content (AvgIpc) is 2.25. The van der Waals surface area contributed by atoms with Crippen LogP contribution in [0.2, 0.25) is 0 Å². The van der Waals surface area contributed by atoms with Crippen LogP contribution in [0.3, 0.4) is 0 Å². The van der Waals surface area contributed by atoms with E-state index >= 15 is 0 Å². The first-order valence-corrected chi connectivity index (χ1v) is 5.76. The van der Waals surface area contributed by atoms with Gasteiger partial charge in [0.15, 0.2) is 0 Å². The zero-order valence-corrected chi connectivity index (χ0v) is 10.6. The van der Waals surface area contributed by atoms with Gasteiger partial charge < -0.3 is 4.90 Å². The fourth-order valence-corrected chi connectivity index (χ4v) is 1.59. The Hall–Kier alpha value is -1.49. The van der Waals surface area contributed by atoms with Crippen molar-refractivity contribution in [2.45, 2.75) is 27.2 Å². The van der Waals surface area contributed by atoms with Crippen LogP contribution in [-0.2, 0) is 0 Å². The molecule has 0 spiro atoms. The Labute approximate surface area is 98.5 Å². The lowest BCUT2D eigenvalue weighted by Gasteiger charge is -2.21. The molecule has 86 valence electrons. The van der Waals surface area contributed by atoms with E-state index in [1.54, 1.807) is 0 Å². The molecule has 2 heteroatoms. The Morgan fingerprint density at radius 1 is 1.38 bits per heavy atom. The number of aryl methyl sites for hydroxylation is 1. The van der Waals surface area contributed by atoms with E-state index in [1.807, 2.05) is 19.1 Å². The molecule has 0 saturated carbocycles. The highest BCUT2D eigenvalue weighted by molar-refractivity contribution is 5.52. The summed E-state index contributed by atoms with van der Waals surface area (Å²) in [6.45, 7) is 7.51. The van der Waals surface area contributed by atoms with Crippen LogP contribution in [0.25, 0.3) is 0 Å². The predicted octanol–water partition coefficient (Wildman–Crippen LogP) is 3.35. The van der Waals surface area contributed by atoms with Crippen LogP contribution < -0.4 is 4.90 Å². The molecular formula is C14H20N2. The van der Waals surface area contributed by atoms with Gasteiger partial charge in [0.1, 0.15) is 0 Å². The number of hydrogen-bond donors (Lipinski definition) is 0. The van der Waals surface area contributed by atoms with Gasteiger partial charge in [-0.1, -0.05) is 13.8 Å². The highest BCUT2D eigenvalue weighted by atomic mass is 15.1. The standard InChI is InChI=1S/C14H20N2/c1-11(2)7-8-16(4)14-6-5-13(10-15)12(3)9-14/h5-6,9,11H,7-8H2,1-4H3. The van der Waals surface area contributed by atoms with Crippen molar-refractivity contribution in [3.8, 4) is 6.07 Å². The van der Waals surface area contributed by atoms with Crippen LogP contribution in [0.15, 0.2) is 18.2 Å². The maximum Gasteiger partial charge on any atom is 0.0994 e. The second-order valence-electron chi connectivity index (χ2n) is 4.72. The highest BCUT2D eigenvalue weighted by Gasteiger charge is 2.04. The van der Waals surface area contributed by atoms with Crippen LogP contribution in [0.4, 0.5) is 5.69 Å². The third-order valence-corrected chi connectivity index (χ3v) is 2.81. The Morgan fingerprint density at radius 3 is 2.56 bits per heavy atom. The van der Waals surface area contributed by atoms with Crippen molar-refractivity contribution in [3.05, 3.63) is 29.3 Å². The minimum Gasteiger partial charge on any atom is -0.375 e. The number of nitrogens with zero attached hydrogens (tertiary/aromatic N) is 2. The number of rotatable bonds is 4. The van der Waals surface area contributed by atoms with Crippen LogP contribution in [0, 0.1) is 24.2 Å². The summed E-state index contributed by atoms with van der Waals surface area (Å²) in [5.74, 6) is 0.724. The molecule has 0 fully saturated rings. The SMILES string of the molecule is Cc1cc(N(C)CCC(C)C)ccc1C#N. The fraction of sp³-hybridized carbons (Fsp3) is 0.500. The minimum atomic E-state index is 0.724. The van der Waals surface area contributed by atoms with E-state index in [1.165, 1.54) is 12.1 Å². The van der Waals surface area contributed by atoms with Crippen molar-refractivity contribution in [3.63, 3.8) is 0 Å². The van der Waals surface area contributed by atoms with Crippen LogP contribution in [0.1, 0.15) is 31.4 Å². The van der Waals surface area contributed by atoms with E-state index in [0.717, 1.165) is 23.6 Å². The summed E-state index contributed by atoms with van der Waals surface area (Å²) in [5, 5.41) is 8.86. The smallest absolute Gasteiger partial charge is 0.0994 e. The van der Waals surface area contributed by atoms with E-state index in [-0.39, 0.29) is 0 Å². The van der Waals surface area contributed by atoms with E-state index in [9.17, 15) is 0 Å². The number of hydrogen-bond acceptors (Lipinski definition) is 2. The number of nitriles is 1. The maximum absolute atomic E-state index is 8.86. The van der Waals surface area contributed by atoms with Gasteiger partial charge >= 0.3 is 0 Å². The normalized spacial score (nSPS) is 10.2. The molecule has 2 nitrogen and oxygen atoms in total. The lowest BCUT2D eigenvalue weighted by atomic mass is 10.1. The van der Waals surface area contributed by atoms with Crippen molar-refractivity contribution in [1.82, 2.24) is 0 Å². The van der Waals surface area contributed by atoms with Gasteiger partial charge in [0.25, 0.3) is 0 Å². The third kappa shape index (κ3) is 3.27. The lowest BCUT2D eigenvalue weighted by Crippen LogP contribution is -2.19. The molecule has 1 aromatic rings. The topological polar surface area (TPSA) is 27.0 Å². The molecule has 0 aliphatic rings. The van der Waals surface area contributed by atoms with Crippen LogP contribution in [-0.4, -0.2) is 13.6 Å². The van der Waals surface area contributed by atoms with Gasteiger partial charge in [0.05, 0.1) is 11.6 Å². The average molecular weight is 216 g/mol. The van der Waals surface area contributed by atoms with Gasteiger partial charge in [-0.2, -0.15) is 5.26 Å². The van der Waals surface area contributed by atoms with Gasteiger partial charge in [-0.05, 0) is 43.0 Å². The molecule has 0 aliphatic heterocycles. The van der Waals surface area contributed by atoms with Gasteiger partial charge in [-0.3, -0.25) is 0 Å². The van der Waals surface area contributed by atoms with Gasteiger partial charge in [-0.15, -0.1) is 0 Å². The monoisotopic (exact) mass is 216 g/mol. The second kappa shape index (κ2) is 5.55. The zero-order chi connectivity index (χ0) is 12.1. The fourth-order valence-electron chi connectivity index (χ4n) is 1.59. The summed E-state index contributed by atoms with van der Waals surface area (Å²) in [5.41, 5.74) is 3.01. The lowest BCUT2D eigenvalue weighted by molar-refractivity contribution is 0.585. The molecule has 1 aromatic carbocycles. The molecule has 0 heterocycles. The summed E-state index contributed by atoms with van der Waals surface area (Å²) < 4.78 is 0. The molecule has 16 heavy (non-hydrogen) atoms. The quantitative estimate of drug-likeness (QED) is 0.771. The van der Waals surface area contributed by atoms with Crippen molar-refractivity contribution >= 4 is 5.69 Å². The Balaban J connectivity index is 2.74. The van der Waals surface area contributed by atoms with E-state index in [0.29, 0.717) is 0 Å². The molecular weight excluding hydrogens is 196 g/mol. The first kappa shape index (κ1) is 12.6. The van der Waals surface area contributed by atoms with Crippen LogP contribution >= 0.6 is 0 Å². The van der Waals surface area contributed by atoms with Crippen molar-refractivity contribution < 1.29 is 0 Å². The number of benzene rings is 1. The summed E-state index contributed by atoms with van der Waals surface area (Å²) in [6.07, 6.45) is 1.19. The summed E-state index contributed by atoms with van der Waals surface area (Å²) in [4.78, 5) is 2.24. The molecule has 0 unspecified atom stereocenters. The zero-order valence-electron chi connectivity index (χ0n) is 10.6. The maximum atomic E-state index is 8.86. The van der Waals surface area contributed by atoms with Gasteiger partial charge in [-0.25, -0.2) is 0 Å². The summed E-state index contributed by atoms with van der Waals surface area (Å²) in [7, 11) is 2.10. The van der Waals surface area contributed by atoms with Crippen LogP contribution in [0.5, 0.6) is 0 Å². The Bertz CT molecular complexity index is 388. The third-order valence-electron chi connectivity index (χ3n) is 2.81. The molecule has 0 atom stereocenters. The highest BCUT2D eigenvalue weighted by Crippen LogP contribution is 2.18. The molecule has 0 bridgehead atoms. The Kier molecular flexibility index (Phi) is 4.37. The van der Waals surface area contributed by atoms with Gasteiger partial charge in [0, 0.05) is 19.3 Å². The number of anilines is 1. The van der Waals surface area contributed by atoms with E-state index in [4.69, 9.17) is 5.26 Å². The molecule has 0 aliphatic carbocycles. The molecule has 0 N–H and O–H groups in total. The molecule has 1 rings (SSSR count).